The molecule has 1 fully saturated rings. The molecule has 0 aliphatic carbocycles. The summed E-state index contributed by atoms with van der Waals surface area (Å²) in [5, 5.41) is 3.66. The summed E-state index contributed by atoms with van der Waals surface area (Å²) in [5.41, 5.74) is 3.83. The van der Waals surface area contributed by atoms with Crippen LogP contribution in [-0.4, -0.2) is 19.0 Å². The number of amides is 1. The minimum atomic E-state index is -0.122. The highest BCUT2D eigenvalue weighted by Crippen LogP contribution is 2.21. The Morgan fingerprint density at radius 3 is 2.48 bits per heavy atom. The second-order valence-corrected chi connectivity index (χ2v) is 8.21. The molecule has 31 heavy (non-hydrogen) atoms. The van der Waals surface area contributed by atoms with E-state index in [1.807, 2.05) is 36.4 Å². The Kier molecular flexibility index (Phi) is 7.11. The first-order valence-electron chi connectivity index (χ1n) is 10.8. The highest BCUT2D eigenvalue weighted by atomic mass is 35.5. The number of nitrogens with one attached hydrogen (secondary N) is 1. The molecule has 5 heteroatoms. The van der Waals surface area contributed by atoms with Crippen LogP contribution in [-0.2, 0) is 13.2 Å². The van der Waals surface area contributed by atoms with E-state index in [-0.39, 0.29) is 5.91 Å². The van der Waals surface area contributed by atoms with Gasteiger partial charge in [0.25, 0.3) is 5.91 Å². The van der Waals surface area contributed by atoms with E-state index in [0.29, 0.717) is 29.5 Å². The topological polar surface area (TPSA) is 41.6 Å². The van der Waals surface area contributed by atoms with Crippen LogP contribution in [0.4, 0.5) is 5.69 Å². The van der Waals surface area contributed by atoms with Crippen LogP contribution in [0.15, 0.2) is 72.8 Å². The number of rotatable bonds is 7. The number of carbonyl (C=O) groups is 1. The Hall–Kier alpha value is -2.98. The minimum Gasteiger partial charge on any atom is -0.489 e. The molecule has 1 N–H and O–H groups in total. The van der Waals surface area contributed by atoms with Gasteiger partial charge in [-0.1, -0.05) is 48.0 Å². The number of anilines is 1. The molecule has 0 saturated carbocycles. The summed E-state index contributed by atoms with van der Waals surface area (Å²) in [6.07, 6.45) is 3.85. The number of ether oxygens (including phenoxy) is 1. The largest absolute Gasteiger partial charge is 0.489 e. The van der Waals surface area contributed by atoms with E-state index in [1.165, 1.54) is 24.9 Å². The third-order valence-electron chi connectivity index (χ3n) is 5.56. The SMILES string of the molecule is O=C(NCc1ccc(N2CCCCC2)cc1)c1cccc(OCc2ccccc2Cl)c1. The zero-order chi connectivity index (χ0) is 21.5. The summed E-state index contributed by atoms with van der Waals surface area (Å²) in [7, 11) is 0. The fourth-order valence-electron chi connectivity index (χ4n) is 3.76. The quantitative estimate of drug-likeness (QED) is 0.508. The van der Waals surface area contributed by atoms with Crippen LogP contribution in [0.2, 0.25) is 5.02 Å². The maximum atomic E-state index is 12.6. The van der Waals surface area contributed by atoms with Crippen LogP contribution in [0.5, 0.6) is 5.75 Å². The van der Waals surface area contributed by atoms with E-state index < -0.39 is 0 Å². The fraction of sp³-hybridized carbons (Fsp3) is 0.269. The van der Waals surface area contributed by atoms with Crippen molar-refractivity contribution in [3.63, 3.8) is 0 Å². The summed E-state index contributed by atoms with van der Waals surface area (Å²) in [4.78, 5) is 15.0. The lowest BCUT2D eigenvalue weighted by Crippen LogP contribution is -2.29. The second kappa shape index (κ2) is 10.4. The molecular formula is C26H27ClN2O2. The third-order valence-corrected chi connectivity index (χ3v) is 5.93. The molecule has 1 saturated heterocycles. The summed E-state index contributed by atoms with van der Waals surface area (Å²) in [6.45, 7) is 3.11. The first-order valence-corrected chi connectivity index (χ1v) is 11.2. The summed E-state index contributed by atoms with van der Waals surface area (Å²) in [6, 6.07) is 23.3. The van der Waals surface area contributed by atoms with Crippen molar-refractivity contribution in [3.8, 4) is 5.75 Å². The number of piperidine rings is 1. The van der Waals surface area contributed by atoms with Crippen molar-refractivity contribution in [1.29, 1.82) is 0 Å². The molecule has 0 unspecified atom stereocenters. The summed E-state index contributed by atoms with van der Waals surface area (Å²) < 4.78 is 5.83. The molecule has 1 amide bonds. The molecule has 1 aliphatic heterocycles. The zero-order valence-corrected chi connectivity index (χ0v) is 18.3. The van der Waals surface area contributed by atoms with Crippen molar-refractivity contribution < 1.29 is 9.53 Å². The zero-order valence-electron chi connectivity index (χ0n) is 17.5. The van der Waals surface area contributed by atoms with Gasteiger partial charge in [-0.05, 0) is 61.2 Å². The van der Waals surface area contributed by atoms with E-state index in [4.69, 9.17) is 16.3 Å². The van der Waals surface area contributed by atoms with E-state index in [2.05, 4.69) is 34.5 Å². The van der Waals surface area contributed by atoms with Gasteiger partial charge in [0.2, 0.25) is 0 Å². The maximum Gasteiger partial charge on any atom is 0.251 e. The van der Waals surface area contributed by atoms with Gasteiger partial charge in [-0.2, -0.15) is 0 Å². The number of halogens is 1. The molecule has 0 atom stereocenters. The highest BCUT2D eigenvalue weighted by molar-refractivity contribution is 6.31. The van der Waals surface area contributed by atoms with Gasteiger partial charge in [0.1, 0.15) is 12.4 Å². The third kappa shape index (κ3) is 5.80. The maximum absolute atomic E-state index is 12.6. The van der Waals surface area contributed by atoms with Crippen LogP contribution < -0.4 is 15.0 Å². The molecule has 0 radical (unpaired) electrons. The van der Waals surface area contributed by atoms with Crippen molar-refractivity contribution in [3.05, 3.63) is 94.5 Å². The second-order valence-electron chi connectivity index (χ2n) is 7.80. The molecule has 0 bridgehead atoms. The van der Waals surface area contributed by atoms with Gasteiger partial charge in [0.05, 0.1) is 0 Å². The van der Waals surface area contributed by atoms with E-state index in [1.54, 1.807) is 12.1 Å². The van der Waals surface area contributed by atoms with Gasteiger partial charge in [0.15, 0.2) is 0 Å². The molecule has 3 aromatic rings. The van der Waals surface area contributed by atoms with Gasteiger partial charge in [-0.15, -0.1) is 0 Å². The standard InChI is InChI=1S/C26H27ClN2O2/c27-25-10-3-2-7-22(25)19-31-24-9-6-8-21(17-24)26(30)28-18-20-11-13-23(14-12-20)29-15-4-1-5-16-29/h2-3,6-14,17H,1,4-5,15-16,18-19H2,(H,28,30). The minimum absolute atomic E-state index is 0.122. The Labute approximate surface area is 188 Å². The number of carbonyl (C=O) groups excluding carboxylic acids is 1. The van der Waals surface area contributed by atoms with Crippen molar-refractivity contribution in [2.24, 2.45) is 0 Å². The van der Waals surface area contributed by atoms with Crippen LogP contribution in [0.25, 0.3) is 0 Å². The van der Waals surface area contributed by atoms with Gasteiger partial charge < -0.3 is 15.0 Å². The molecule has 160 valence electrons. The normalized spacial score (nSPS) is 13.6. The van der Waals surface area contributed by atoms with Crippen LogP contribution in [0.1, 0.15) is 40.7 Å². The number of benzene rings is 3. The monoisotopic (exact) mass is 434 g/mol. The number of hydrogen-bond donors (Lipinski definition) is 1. The molecule has 3 aromatic carbocycles. The van der Waals surface area contributed by atoms with Crippen molar-refractivity contribution in [2.75, 3.05) is 18.0 Å². The Morgan fingerprint density at radius 1 is 0.935 bits per heavy atom. The van der Waals surface area contributed by atoms with E-state index >= 15 is 0 Å². The fourth-order valence-corrected chi connectivity index (χ4v) is 3.96. The smallest absolute Gasteiger partial charge is 0.251 e. The lowest BCUT2D eigenvalue weighted by Gasteiger charge is -2.28. The molecule has 0 aromatic heterocycles. The molecule has 4 nitrogen and oxygen atoms in total. The average molecular weight is 435 g/mol. The highest BCUT2D eigenvalue weighted by Gasteiger charge is 2.11. The molecule has 4 rings (SSSR count). The first kappa shape index (κ1) is 21.3. The summed E-state index contributed by atoms with van der Waals surface area (Å²) in [5.74, 6) is 0.516. The van der Waals surface area contributed by atoms with Crippen molar-refractivity contribution >= 4 is 23.2 Å². The van der Waals surface area contributed by atoms with Crippen LogP contribution in [0, 0.1) is 0 Å². The molecule has 1 heterocycles. The molecule has 1 aliphatic rings. The van der Waals surface area contributed by atoms with Crippen molar-refractivity contribution in [2.45, 2.75) is 32.4 Å². The predicted molar refractivity (Wildman–Crippen MR) is 126 cm³/mol. The van der Waals surface area contributed by atoms with Gasteiger partial charge in [0, 0.05) is 41.5 Å². The predicted octanol–water partition coefficient (Wildman–Crippen LogP) is 5.84. The van der Waals surface area contributed by atoms with Gasteiger partial charge in [-0.25, -0.2) is 0 Å². The Morgan fingerprint density at radius 2 is 1.71 bits per heavy atom. The number of hydrogen-bond acceptors (Lipinski definition) is 3. The average Bonchev–Trinajstić information content (AvgIpc) is 2.83. The summed E-state index contributed by atoms with van der Waals surface area (Å²) >= 11 is 6.18. The van der Waals surface area contributed by atoms with Crippen LogP contribution >= 0.6 is 11.6 Å². The van der Waals surface area contributed by atoms with Gasteiger partial charge in [-0.3, -0.25) is 4.79 Å². The molecule has 0 spiro atoms. The van der Waals surface area contributed by atoms with Crippen molar-refractivity contribution in [1.82, 2.24) is 5.32 Å². The van der Waals surface area contributed by atoms with Gasteiger partial charge >= 0.3 is 0 Å². The van der Waals surface area contributed by atoms with E-state index in [0.717, 1.165) is 24.2 Å². The number of nitrogens with zero attached hydrogens (tertiary/aromatic N) is 1. The van der Waals surface area contributed by atoms with E-state index in [9.17, 15) is 4.79 Å². The lowest BCUT2D eigenvalue weighted by atomic mass is 10.1. The Balaban J connectivity index is 1.31. The first-order chi connectivity index (χ1) is 15.2. The van der Waals surface area contributed by atoms with Crippen LogP contribution in [0.3, 0.4) is 0 Å². The lowest BCUT2D eigenvalue weighted by molar-refractivity contribution is 0.0950. The molecular weight excluding hydrogens is 408 g/mol. The Bertz CT molecular complexity index is 1010.